The van der Waals surface area contributed by atoms with Gasteiger partial charge in [0.2, 0.25) is 0 Å². The van der Waals surface area contributed by atoms with Crippen LogP contribution in [0.2, 0.25) is 0 Å². The largest absolute Gasteiger partial charge is 0.103 e. The van der Waals surface area contributed by atoms with Crippen molar-refractivity contribution in [3.05, 3.63) is 60.2 Å². The van der Waals surface area contributed by atoms with Crippen LogP contribution in [0, 0.1) is 29.6 Å². The van der Waals surface area contributed by atoms with E-state index in [0.717, 1.165) is 35.5 Å². The van der Waals surface area contributed by atoms with Gasteiger partial charge in [-0.1, -0.05) is 42.5 Å². The van der Waals surface area contributed by atoms with Crippen molar-refractivity contribution in [3.63, 3.8) is 0 Å². The molecular weight excluding hydrogens is 348 g/mol. The molecule has 0 bridgehead atoms. The Morgan fingerprint density at radius 2 is 1.41 bits per heavy atom. The molecule has 158 valence electrons. The molecule has 29 heavy (non-hydrogen) atoms. The molecular formula is C29H42. The van der Waals surface area contributed by atoms with Crippen LogP contribution >= 0.6 is 0 Å². The molecule has 3 aliphatic carbocycles. The number of fused-ring (bicyclic) bond motifs is 1. The minimum atomic E-state index is 0.815. The lowest BCUT2D eigenvalue weighted by Gasteiger charge is -2.45. The maximum atomic E-state index is 4.06. The van der Waals surface area contributed by atoms with Crippen LogP contribution in [-0.2, 0) is 6.42 Å². The Balaban J connectivity index is 1.25. The van der Waals surface area contributed by atoms with E-state index in [-0.39, 0.29) is 0 Å². The minimum absolute atomic E-state index is 0.815. The molecule has 0 heteroatoms. The van der Waals surface area contributed by atoms with Gasteiger partial charge in [0.05, 0.1) is 0 Å². The second-order valence-corrected chi connectivity index (χ2v) is 10.4. The smallest absolute Gasteiger partial charge is 0.0162 e. The molecule has 0 amide bonds. The Bertz CT molecular complexity index is 658. The Hall–Kier alpha value is -1.30. The molecule has 4 atom stereocenters. The van der Waals surface area contributed by atoms with E-state index in [9.17, 15) is 0 Å². The first kappa shape index (κ1) is 21.0. The van der Waals surface area contributed by atoms with Crippen LogP contribution in [0.5, 0.6) is 0 Å². The molecule has 0 nitrogen and oxygen atoms in total. The van der Waals surface area contributed by atoms with Gasteiger partial charge in [-0.05, 0) is 131 Å². The molecule has 0 N–H and O–H groups in total. The van der Waals surface area contributed by atoms with E-state index in [4.69, 9.17) is 0 Å². The van der Waals surface area contributed by atoms with Gasteiger partial charge in [-0.2, -0.15) is 0 Å². The molecule has 4 rings (SSSR count). The highest BCUT2D eigenvalue weighted by atomic mass is 14.4. The van der Waals surface area contributed by atoms with Gasteiger partial charge < -0.3 is 0 Å². The van der Waals surface area contributed by atoms with Crippen molar-refractivity contribution in [3.8, 4) is 0 Å². The Morgan fingerprint density at radius 1 is 0.793 bits per heavy atom. The van der Waals surface area contributed by atoms with E-state index in [1.807, 2.05) is 0 Å². The van der Waals surface area contributed by atoms with E-state index in [1.165, 1.54) is 76.2 Å². The molecule has 0 spiro atoms. The fraction of sp³-hybridized carbons (Fsp3) is 0.655. The Morgan fingerprint density at radius 3 is 2.10 bits per heavy atom. The highest BCUT2D eigenvalue weighted by Gasteiger charge is 2.38. The first-order valence-electron chi connectivity index (χ1n) is 12.6. The predicted octanol–water partition coefficient (Wildman–Crippen LogP) is 8.49. The maximum Gasteiger partial charge on any atom is -0.0162 e. The predicted molar refractivity (Wildman–Crippen MR) is 126 cm³/mol. The van der Waals surface area contributed by atoms with E-state index in [2.05, 4.69) is 56.0 Å². The molecule has 3 aliphatic rings. The topological polar surface area (TPSA) is 0 Å². The molecule has 4 unspecified atom stereocenters. The molecule has 3 saturated carbocycles. The molecule has 0 radical (unpaired) electrons. The van der Waals surface area contributed by atoms with Gasteiger partial charge in [-0.3, -0.25) is 0 Å². The average molecular weight is 391 g/mol. The molecule has 1 aromatic rings. The van der Waals surface area contributed by atoms with Gasteiger partial charge in [0.15, 0.2) is 0 Å². The van der Waals surface area contributed by atoms with Crippen molar-refractivity contribution in [2.45, 2.75) is 89.9 Å². The average Bonchev–Trinajstić information content (AvgIpc) is 2.79. The second kappa shape index (κ2) is 10.1. The summed E-state index contributed by atoms with van der Waals surface area (Å²) in [6, 6.07) is 9.62. The Labute approximate surface area is 179 Å². The van der Waals surface area contributed by atoms with E-state index >= 15 is 0 Å². The number of rotatable bonds is 6. The molecule has 0 aliphatic heterocycles. The van der Waals surface area contributed by atoms with Crippen molar-refractivity contribution in [2.24, 2.45) is 29.6 Å². The van der Waals surface area contributed by atoms with Crippen LogP contribution in [0.4, 0.5) is 0 Å². The van der Waals surface area contributed by atoms with Gasteiger partial charge in [0.25, 0.3) is 0 Å². The zero-order valence-electron chi connectivity index (χ0n) is 18.7. The molecule has 0 saturated heterocycles. The summed E-state index contributed by atoms with van der Waals surface area (Å²) in [5.41, 5.74) is 3.09. The molecule has 0 heterocycles. The molecule has 3 fully saturated rings. The standard InChI is InChI=1S/C29H42/c1-3-5-6-7-23-9-11-24(12-10-23)25-14-16-26(17-15-25)28-19-18-27-20-22(4-2)8-13-29(27)21-28/h3-5,9-12,22,25-29H,2,6-8,13-21H2,1H3/b5-3+. The lowest BCUT2D eigenvalue weighted by Crippen LogP contribution is -2.34. The fourth-order valence-corrected chi connectivity index (χ4v) is 6.90. The SMILES string of the molecule is C=CC1CCC2CC(C3CCC(c4ccc(CC/C=C/C)cc4)CC3)CCC2C1. The van der Waals surface area contributed by atoms with Crippen molar-refractivity contribution in [2.75, 3.05) is 0 Å². The monoisotopic (exact) mass is 390 g/mol. The highest BCUT2D eigenvalue weighted by molar-refractivity contribution is 5.26. The highest BCUT2D eigenvalue weighted by Crippen LogP contribution is 2.50. The zero-order valence-corrected chi connectivity index (χ0v) is 18.7. The van der Waals surface area contributed by atoms with Crippen molar-refractivity contribution >= 4 is 0 Å². The lowest BCUT2D eigenvalue weighted by molar-refractivity contribution is 0.0719. The van der Waals surface area contributed by atoms with E-state index in [1.54, 1.807) is 12.0 Å². The van der Waals surface area contributed by atoms with Gasteiger partial charge in [-0.15, -0.1) is 6.58 Å². The lowest BCUT2D eigenvalue weighted by atomic mass is 9.61. The van der Waals surface area contributed by atoms with Crippen LogP contribution in [0.25, 0.3) is 0 Å². The van der Waals surface area contributed by atoms with Gasteiger partial charge in [0, 0.05) is 0 Å². The van der Waals surface area contributed by atoms with E-state index < -0.39 is 0 Å². The van der Waals surface area contributed by atoms with Gasteiger partial charge in [0.1, 0.15) is 0 Å². The summed E-state index contributed by atoms with van der Waals surface area (Å²) in [4.78, 5) is 0. The third-order valence-electron chi connectivity index (χ3n) is 8.75. The summed E-state index contributed by atoms with van der Waals surface area (Å²) < 4.78 is 0. The number of hydrogen-bond donors (Lipinski definition) is 0. The van der Waals surface area contributed by atoms with Gasteiger partial charge >= 0.3 is 0 Å². The number of aryl methyl sites for hydroxylation is 1. The summed E-state index contributed by atoms with van der Waals surface area (Å²) >= 11 is 0. The fourth-order valence-electron chi connectivity index (χ4n) is 6.90. The van der Waals surface area contributed by atoms with Crippen LogP contribution in [0.3, 0.4) is 0 Å². The van der Waals surface area contributed by atoms with Crippen LogP contribution < -0.4 is 0 Å². The summed E-state index contributed by atoms with van der Waals surface area (Å²) in [6.07, 6.45) is 23.7. The summed E-state index contributed by atoms with van der Waals surface area (Å²) in [5, 5.41) is 0. The van der Waals surface area contributed by atoms with Crippen molar-refractivity contribution in [1.82, 2.24) is 0 Å². The van der Waals surface area contributed by atoms with Crippen LogP contribution in [0.15, 0.2) is 49.1 Å². The van der Waals surface area contributed by atoms with Crippen LogP contribution in [-0.4, -0.2) is 0 Å². The van der Waals surface area contributed by atoms with Crippen LogP contribution in [0.1, 0.15) is 94.6 Å². The molecule has 0 aromatic heterocycles. The normalized spacial score (nSPS) is 35.3. The third kappa shape index (κ3) is 5.25. The third-order valence-corrected chi connectivity index (χ3v) is 8.75. The quantitative estimate of drug-likeness (QED) is 0.427. The maximum absolute atomic E-state index is 4.06. The zero-order chi connectivity index (χ0) is 20.1. The number of hydrogen-bond acceptors (Lipinski definition) is 0. The van der Waals surface area contributed by atoms with Crippen molar-refractivity contribution < 1.29 is 0 Å². The Kier molecular flexibility index (Phi) is 7.33. The summed E-state index contributed by atoms with van der Waals surface area (Å²) in [6.45, 7) is 6.17. The molecule has 1 aromatic carbocycles. The van der Waals surface area contributed by atoms with Gasteiger partial charge in [-0.25, -0.2) is 0 Å². The van der Waals surface area contributed by atoms with Crippen molar-refractivity contribution in [1.29, 1.82) is 0 Å². The second-order valence-electron chi connectivity index (χ2n) is 10.4. The number of benzene rings is 1. The first-order valence-corrected chi connectivity index (χ1v) is 12.6. The van der Waals surface area contributed by atoms with E-state index in [0.29, 0.717) is 0 Å². The summed E-state index contributed by atoms with van der Waals surface area (Å²) in [5.74, 6) is 5.74. The first-order chi connectivity index (χ1) is 14.3. The minimum Gasteiger partial charge on any atom is -0.103 e. The summed E-state index contributed by atoms with van der Waals surface area (Å²) in [7, 11) is 0. The number of allylic oxidation sites excluding steroid dienone is 3.